The number of hydrogen-bond donors (Lipinski definition) is 4. The maximum absolute atomic E-state index is 10.1. The van der Waals surface area contributed by atoms with Crippen LogP contribution >= 0.6 is 0 Å². The zero-order valence-corrected chi connectivity index (χ0v) is 9.73. The van der Waals surface area contributed by atoms with Crippen LogP contribution in [0.1, 0.15) is 12.2 Å². The number of aliphatic hydroxyl groups is 1. The fraction of sp³-hybridized carbons (Fsp3) is 0.600. The third kappa shape index (κ3) is 3.02. The molecule has 0 amide bonds. The molecule has 5 N–H and O–H groups in total. The van der Waals surface area contributed by atoms with Crippen molar-refractivity contribution in [2.24, 2.45) is 5.84 Å². The van der Waals surface area contributed by atoms with Gasteiger partial charge < -0.3 is 20.6 Å². The van der Waals surface area contributed by atoms with Gasteiger partial charge in [0.1, 0.15) is 23.1 Å². The molecule has 1 aliphatic rings. The lowest BCUT2D eigenvalue weighted by Gasteiger charge is -2.21. The molecule has 0 radical (unpaired) electrons. The SMILES string of the molecule is Cc1nc(NN)cc(NCC2(O)CCOC2)n1. The first-order valence-corrected chi connectivity index (χ1v) is 5.48. The molecule has 7 nitrogen and oxygen atoms in total. The van der Waals surface area contributed by atoms with Gasteiger partial charge in [0.05, 0.1) is 6.61 Å². The van der Waals surface area contributed by atoms with E-state index in [4.69, 9.17) is 10.6 Å². The van der Waals surface area contributed by atoms with Crippen LogP contribution in [-0.4, -0.2) is 40.4 Å². The van der Waals surface area contributed by atoms with Crippen LogP contribution in [0.2, 0.25) is 0 Å². The molecule has 2 rings (SSSR count). The van der Waals surface area contributed by atoms with E-state index in [9.17, 15) is 5.11 Å². The zero-order chi connectivity index (χ0) is 12.3. The Balaban J connectivity index is 2.00. The highest BCUT2D eigenvalue weighted by Gasteiger charge is 2.31. The molecule has 7 heteroatoms. The van der Waals surface area contributed by atoms with Crippen molar-refractivity contribution in [3.63, 3.8) is 0 Å². The van der Waals surface area contributed by atoms with Gasteiger partial charge in [0.2, 0.25) is 0 Å². The quantitative estimate of drug-likeness (QED) is 0.420. The normalized spacial score (nSPS) is 23.7. The summed E-state index contributed by atoms with van der Waals surface area (Å²) in [5.41, 5.74) is 1.66. The third-order valence-corrected chi connectivity index (χ3v) is 2.67. The molecule has 1 aromatic rings. The average Bonchev–Trinajstić information content (AvgIpc) is 2.73. The van der Waals surface area contributed by atoms with Crippen LogP contribution in [0.25, 0.3) is 0 Å². The molecule has 1 aromatic heterocycles. The smallest absolute Gasteiger partial charge is 0.145 e. The molecule has 2 heterocycles. The van der Waals surface area contributed by atoms with Gasteiger partial charge in [-0.15, -0.1) is 0 Å². The number of aryl methyl sites for hydroxylation is 1. The lowest BCUT2D eigenvalue weighted by atomic mass is 10.0. The van der Waals surface area contributed by atoms with E-state index in [1.165, 1.54) is 0 Å². The Labute approximate surface area is 99.4 Å². The standard InChI is InChI=1S/C10H17N5O2/c1-7-13-8(4-9(14-7)15-11)12-5-10(16)2-3-17-6-10/h4,16H,2-3,5-6,11H2,1H3,(H2,12,13,14,15). The van der Waals surface area contributed by atoms with Crippen molar-refractivity contribution in [3.8, 4) is 0 Å². The van der Waals surface area contributed by atoms with Gasteiger partial charge in [-0.3, -0.25) is 0 Å². The second-order valence-corrected chi connectivity index (χ2v) is 4.21. The van der Waals surface area contributed by atoms with Crippen molar-refractivity contribution in [3.05, 3.63) is 11.9 Å². The summed E-state index contributed by atoms with van der Waals surface area (Å²) in [6.45, 7) is 3.12. The molecule has 0 bridgehead atoms. The van der Waals surface area contributed by atoms with Crippen molar-refractivity contribution in [1.29, 1.82) is 0 Å². The number of nitrogens with two attached hydrogens (primary N) is 1. The Morgan fingerprint density at radius 3 is 2.94 bits per heavy atom. The second kappa shape index (κ2) is 4.82. The van der Waals surface area contributed by atoms with E-state index in [1.54, 1.807) is 13.0 Å². The molecule has 1 unspecified atom stereocenters. The zero-order valence-electron chi connectivity index (χ0n) is 9.73. The largest absolute Gasteiger partial charge is 0.386 e. The third-order valence-electron chi connectivity index (χ3n) is 2.67. The minimum atomic E-state index is -0.810. The Bertz CT molecular complexity index is 392. The minimum absolute atomic E-state index is 0.353. The molecule has 0 aromatic carbocycles. The maximum Gasteiger partial charge on any atom is 0.145 e. The van der Waals surface area contributed by atoms with Gasteiger partial charge in [-0.25, -0.2) is 15.8 Å². The lowest BCUT2D eigenvalue weighted by Crippen LogP contribution is -2.37. The highest BCUT2D eigenvalue weighted by Crippen LogP contribution is 2.19. The van der Waals surface area contributed by atoms with Gasteiger partial charge >= 0.3 is 0 Å². The summed E-state index contributed by atoms with van der Waals surface area (Å²) in [4.78, 5) is 8.28. The lowest BCUT2D eigenvalue weighted by molar-refractivity contribution is 0.0381. The molecular formula is C10H17N5O2. The van der Waals surface area contributed by atoms with Crippen LogP contribution < -0.4 is 16.6 Å². The summed E-state index contributed by atoms with van der Waals surface area (Å²) < 4.78 is 5.16. The first-order chi connectivity index (χ1) is 8.11. The van der Waals surface area contributed by atoms with Crippen molar-refractivity contribution < 1.29 is 9.84 Å². The number of rotatable bonds is 4. The summed E-state index contributed by atoms with van der Waals surface area (Å²) >= 11 is 0. The van der Waals surface area contributed by atoms with Crippen LogP contribution in [0.5, 0.6) is 0 Å². The fourth-order valence-electron chi connectivity index (χ4n) is 1.72. The number of ether oxygens (including phenoxy) is 1. The molecule has 0 aliphatic carbocycles. The number of hydrazine groups is 1. The van der Waals surface area contributed by atoms with Gasteiger partial charge in [-0.2, -0.15) is 0 Å². The predicted octanol–water partition coefficient (Wildman–Crippen LogP) is -0.366. The highest BCUT2D eigenvalue weighted by molar-refractivity contribution is 5.46. The monoisotopic (exact) mass is 239 g/mol. The van der Waals surface area contributed by atoms with Gasteiger partial charge in [-0.1, -0.05) is 0 Å². The minimum Gasteiger partial charge on any atom is -0.386 e. The Morgan fingerprint density at radius 1 is 1.53 bits per heavy atom. The summed E-state index contributed by atoms with van der Waals surface area (Å²) in [5, 5.41) is 13.1. The molecule has 1 saturated heterocycles. The molecule has 1 aliphatic heterocycles. The van der Waals surface area contributed by atoms with Crippen molar-refractivity contribution in [1.82, 2.24) is 9.97 Å². The average molecular weight is 239 g/mol. The van der Waals surface area contributed by atoms with Crippen molar-refractivity contribution in [2.75, 3.05) is 30.5 Å². The number of aromatic nitrogens is 2. The fourth-order valence-corrected chi connectivity index (χ4v) is 1.72. The molecular weight excluding hydrogens is 222 g/mol. The van der Waals surface area contributed by atoms with Crippen molar-refractivity contribution >= 4 is 11.6 Å². The number of anilines is 2. The summed E-state index contributed by atoms with van der Waals surface area (Å²) in [6.07, 6.45) is 0.631. The Kier molecular flexibility index (Phi) is 3.41. The van der Waals surface area contributed by atoms with Gasteiger partial charge in [-0.05, 0) is 6.92 Å². The number of nitrogen functional groups attached to an aromatic ring is 1. The van der Waals surface area contributed by atoms with E-state index in [0.29, 0.717) is 43.6 Å². The first-order valence-electron chi connectivity index (χ1n) is 5.48. The van der Waals surface area contributed by atoms with E-state index in [-0.39, 0.29) is 0 Å². The van der Waals surface area contributed by atoms with Gasteiger partial charge in [0.15, 0.2) is 0 Å². The van der Waals surface area contributed by atoms with Crippen LogP contribution in [0, 0.1) is 6.92 Å². The molecule has 0 spiro atoms. The maximum atomic E-state index is 10.1. The van der Waals surface area contributed by atoms with Crippen LogP contribution in [0.3, 0.4) is 0 Å². The van der Waals surface area contributed by atoms with Crippen LogP contribution in [0.4, 0.5) is 11.6 Å². The van der Waals surface area contributed by atoms with E-state index >= 15 is 0 Å². The molecule has 94 valence electrons. The van der Waals surface area contributed by atoms with Gasteiger partial charge in [0.25, 0.3) is 0 Å². The van der Waals surface area contributed by atoms with Crippen LogP contribution in [-0.2, 0) is 4.74 Å². The Hall–Kier alpha value is -1.44. The number of nitrogens with one attached hydrogen (secondary N) is 2. The predicted molar refractivity (Wildman–Crippen MR) is 63.5 cm³/mol. The van der Waals surface area contributed by atoms with Crippen molar-refractivity contribution in [2.45, 2.75) is 18.9 Å². The second-order valence-electron chi connectivity index (χ2n) is 4.21. The van der Waals surface area contributed by atoms with E-state index < -0.39 is 5.60 Å². The highest BCUT2D eigenvalue weighted by atomic mass is 16.5. The number of nitrogens with zero attached hydrogens (tertiary/aromatic N) is 2. The number of hydrogen-bond acceptors (Lipinski definition) is 7. The van der Waals surface area contributed by atoms with E-state index in [0.717, 1.165) is 0 Å². The summed E-state index contributed by atoms with van der Waals surface area (Å²) in [5.74, 6) is 7.07. The van der Waals surface area contributed by atoms with E-state index in [2.05, 4.69) is 20.7 Å². The van der Waals surface area contributed by atoms with Gasteiger partial charge in [0, 0.05) is 25.6 Å². The van der Waals surface area contributed by atoms with E-state index in [1.807, 2.05) is 0 Å². The topological polar surface area (TPSA) is 105 Å². The molecule has 1 atom stereocenters. The summed E-state index contributed by atoms with van der Waals surface area (Å²) in [6, 6.07) is 1.69. The molecule has 17 heavy (non-hydrogen) atoms. The molecule has 1 fully saturated rings. The van der Waals surface area contributed by atoms with Crippen LogP contribution in [0.15, 0.2) is 6.07 Å². The first kappa shape index (κ1) is 12.0. The summed E-state index contributed by atoms with van der Waals surface area (Å²) in [7, 11) is 0. The molecule has 0 saturated carbocycles. The Morgan fingerprint density at radius 2 is 2.29 bits per heavy atom.